The van der Waals surface area contributed by atoms with Crippen LogP contribution < -0.4 is 5.11 Å². The Morgan fingerprint density at radius 1 is 0.462 bits per heavy atom. The lowest BCUT2D eigenvalue weighted by Crippen LogP contribution is -2.55. The summed E-state index contributed by atoms with van der Waals surface area (Å²) in [6.45, 7) is 4.47. The molecule has 0 aromatic rings. The van der Waals surface area contributed by atoms with Crippen LogP contribution in [-0.4, -0.2) is 75.5 Å². The van der Waals surface area contributed by atoms with Gasteiger partial charge in [0.25, 0.3) is 0 Å². The van der Waals surface area contributed by atoms with E-state index < -0.39 is 18.1 Å². The summed E-state index contributed by atoms with van der Waals surface area (Å²) in [5.41, 5.74) is 0. The zero-order valence-electron chi connectivity index (χ0n) is 42.9. The molecular formula is C57H101NO7. The van der Waals surface area contributed by atoms with E-state index in [1.54, 1.807) is 21.1 Å². The Morgan fingerprint density at radius 2 is 0.815 bits per heavy atom. The van der Waals surface area contributed by atoms with Crippen molar-refractivity contribution < 1.29 is 38.2 Å². The van der Waals surface area contributed by atoms with Crippen LogP contribution in [0.3, 0.4) is 0 Å². The van der Waals surface area contributed by atoms with Gasteiger partial charge in [-0.1, -0.05) is 203 Å². The normalized spacial score (nSPS) is 13.3. The highest BCUT2D eigenvalue weighted by atomic mass is 16.6. The van der Waals surface area contributed by atoms with Crippen molar-refractivity contribution in [3.8, 4) is 0 Å². The summed E-state index contributed by atoms with van der Waals surface area (Å²) in [5, 5.41) is 11.7. The number of carbonyl (C=O) groups excluding carboxylic acids is 3. The Morgan fingerprint density at radius 3 is 1.20 bits per heavy atom. The van der Waals surface area contributed by atoms with Gasteiger partial charge in [-0.25, -0.2) is 0 Å². The van der Waals surface area contributed by atoms with Crippen molar-refractivity contribution in [3.63, 3.8) is 0 Å². The summed E-state index contributed by atoms with van der Waals surface area (Å²) in [7, 11) is 5.42. The van der Waals surface area contributed by atoms with Gasteiger partial charge in [0.2, 0.25) is 0 Å². The van der Waals surface area contributed by atoms with Gasteiger partial charge in [0, 0.05) is 19.3 Å². The molecule has 0 amide bonds. The number of carboxylic acid groups (broad SMARTS) is 1. The third kappa shape index (κ3) is 46.0. The molecule has 0 aromatic carbocycles. The minimum absolute atomic E-state index is 0.0395. The minimum Gasteiger partial charge on any atom is -0.544 e. The number of quaternary nitrogens is 1. The third-order valence-corrected chi connectivity index (χ3v) is 11.9. The molecule has 0 rings (SSSR count). The summed E-state index contributed by atoms with van der Waals surface area (Å²) in [6, 6.07) is -0.728. The number of nitrogens with zero attached hydrogens (tertiary/aromatic N) is 1. The van der Waals surface area contributed by atoms with Crippen LogP contribution in [0, 0.1) is 0 Å². The molecule has 0 aliphatic carbocycles. The molecule has 0 bridgehead atoms. The number of carboxylic acids is 1. The second-order valence-electron chi connectivity index (χ2n) is 19.1. The maximum Gasteiger partial charge on any atom is 0.306 e. The molecule has 0 aromatic heterocycles. The number of hydrogen-bond acceptors (Lipinski definition) is 7. The molecule has 0 heterocycles. The second kappa shape index (κ2) is 47.5. The summed E-state index contributed by atoms with van der Waals surface area (Å²) < 4.78 is 17.3. The van der Waals surface area contributed by atoms with Crippen LogP contribution in [-0.2, 0) is 28.6 Å². The van der Waals surface area contributed by atoms with Crippen molar-refractivity contribution >= 4 is 17.9 Å². The highest BCUT2D eigenvalue weighted by Gasteiger charge is 2.25. The van der Waals surface area contributed by atoms with E-state index in [1.165, 1.54) is 128 Å². The molecule has 2 atom stereocenters. The number of rotatable bonds is 48. The first-order valence-corrected chi connectivity index (χ1v) is 26.8. The van der Waals surface area contributed by atoms with Crippen molar-refractivity contribution in [2.75, 3.05) is 41.0 Å². The average Bonchev–Trinajstić information content (AvgIpc) is 3.27. The zero-order valence-corrected chi connectivity index (χ0v) is 42.9. The third-order valence-electron chi connectivity index (χ3n) is 11.9. The van der Waals surface area contributed by atoms with Crippen LogP contribution in [0.25, 0.3) is 0 Å². The summed E-state index contributed by atoms with van der Waals surface area (Å²) in [6.07, 6.45) is 59.7. The van der Waals surface area contributed by atoms with E-state index in [-0.39, 0.29) is 42.7 Å². The molecule has 0 saturated heterocycles. The SMILES string of the molecule is CC/C=C/C/C=C/C/C=C/CCCCCCCCCCCCC(=O)OCC(COCCC(C(=O)[O-])[N+](C)(C)C)OC(=O)CCCCCCCCCCCCCCCC/C=C/C/C=C/CC. The van der Waals surface area contributed by atoms with Gasteiger partial charge in [0.15, 0.2) is 6.10 Å². The van der Waals surface area contributed by atoms with Crippen LogP contribution in [0.15, 0.2) is 60.8 Å². The molecule has 376 valence electrons. The molecule has 0 saturated carbocycles. The Balaban J connectivity index is 4.20. The van der Waals surface area contributed by atoms with Crippen molar-refractivity contribution in [1.82, 2.24) is 0 Å². The van der Waals surface area contributed by atoms with Gasteiger partial charge in [-0.3, -0.25) is 9.59 Å². The van der Waals surface area contributed by atoms with E-state index in [4.69, 9.17) is 14.2 Å². The Bertz CT molecular complexity index is 1250. The molecule has 8 nitrogen and oxygen atoms in total. The molecule has 0 fully saturated rings. The summed E-state index contributed by atoms with van der Waals surface area (Å²) >= 11 is 0. The molecule has 0 radical (unpaired) electrons. The van der Waals surface area contributed by atoms with Crippen LogP contribution >= 0.6 is 0 Å². The average molecular weight is 912 g/mol. The first-order chi connectivity index (χ1) is 31.6. The predicted octanol–water partition coefficient (Wildman–Crippen LogP) is 14.4. The molecule has 0 N–H and O–H groups in total. The first kappa shape index (κ1) is 62.0. The molecule has 8 heteroatoms. The highest BCUT2D eigenvalue weighted by molar-refractivity contribution is 5.70. The zero-order chi connectivity index (χ0) is 47.7. The molecule has 65 heavy (non-hydrogen) atoms. The smallest absolute Gasteiger partial charge is 0.306 e. The molecule has 0 spiro atoms. The quantitative estimate of drug-likeness (QED) is 0.0259. The van der Waals surface area contributed by atoms with Gasteiger partial charge in [0.1, 0.15) is 12.6 Å². The van der Waals surface area contributed by atoms with Crippen LogP contribution in [0.1, 0.15) is 232 Å². The number of allylic oxidation sites excluding steroid dienone is 10. The fourth-order valence-electron chi connectivity index (χ4n) is 7.83. The van der Waals surface area contributed by atoms with E-state index in [0.717, 1.165) is 70.6 Å². The molecule has 2 unspecified atom stereocenters. The van der Waals surface area contributed by atoms with Gasteiger partial charge in [-0.05, 0) is 70.6 Å². The summed E-state index contributed by atoms with van der Waals surface area (Å²) in [4.78, 5) is 37.1. The monoisotopic (exact) mass is 912 g/mol. The van der Waals surface area contributed by atoms with E-state index in [9.17, 15) is 19.5 Å². The molecule has 0 aliphatic heterocycles. The van der Waals surface area contributed by atoms with Gasteiger partial charge >= 0.3 is 11.9 Å². The van der Waals surface area contributed by atoms with Gasteiger partial charge < -0.3 is 28.6 Å². The van der Waals surface area contributed by atoms with Crippen LogP contribution in [0.5, 0.6) is 0 Å². The standard InChI is InChI=1S/C57H101NO7/c1-6-8-10-12-14-16-18-20-22-24-26-28-30-32-34-36-38-40-42-44-46-48-56(60)65-53(51-63-50-49-54(57(61)62)58(3,4)5)52-64-55(59)47-45-43-41-39-37-35-33-31-29-27-25-23-21-19-17-15-13-11-9-7-2/h8-11,14-17,21,23,53-54H,6-7,12-13,18-20,22,24-52H2,1-5H3/b10-8+,11-9+,16-14+,17-15+,23-21+. The van der Waals surface area contributed by atoms with Gasteiger partial charge in [0.05, 0.1) is 40.3 Å². The van der Waals surface area contributed by atoms with Gasteiger partial charge in [-0.2, -0.15) is 0 Å². The number of esters is 2. The summed E-state index contributed by atoms with van der Waals surface area (Å²) in [5.74, 6) is -1.73. The Kier molecular flexibility index (Phi) is 45.3. The second-order valence-corrected chi connectivity index (χ2v) is 19.1. The first-order valence-electron chi connectivity index (χ1n) is 26.8. The maximum atomic E-state index is 12.8. The number of unbranched alkanes of at least 4 members (excludes halogenated alkanes) is 24. The lowest BCUT2D eigenvalue weighted by Gasteiger charge is -2.34. The Hall–Kier alpha value is -2.97. The number of likely N-dealkylation sites (N-methyl/N-ethyl adjacent to an activating group) is 1. The molecular weight excluding hydrogens is 811 g/mol. The van der Waals surface area contributed by atoms with E-state index in [0.29, 0.717) is 12.8 Å². The van der Waals surface area contributed by atoms with E-state index >= 15 is 0 Å². The highest BCUT2D eigenvalue weighted by Crippen LogP contribution is 2.16. The van der Waals surface area contributed by atoms with Crippen molar-refractivity contribution in [1.29, 1.82) is 0 Å². The minimum atomic E-state index is -1.12. The Labute approximate surface area is 400 Å². The maximum absolute atomic E-state index is 12.8. The van der Waals surface area contributed by atoms with Crippen molar-refractivity contribution in [2.45, 2.75) is 244 Å². The lowest BCUT2D eigenvalue weighted by molar-refractivity contribution is -0.889. The van der Waals surface area contributed by atoms with Crippen molar-refractivity contribution in [2.24, 2.45) is 0 Å². The fourth-order valence-corrected chi connectivity index (χ4v) is 7.83. The number of ether oxygens (including phenoxy) is 3. The van der Waals surface area contributed by atoms with E-state index in [1.807, 2.05) is 0 Å². The largest absolute Gasteiger partial charge is 0.544 e. The molecule has 0 aliphatic rings. The number of carbonyl (C=O) groups is 3. The van der Waals surface area contributed by atoms with Gasteiger partial charge in [-0.15, -0.1) is 0 Å². The van der Waals surface area contributed by atoms with Crippen molar-refractivity contribution in [3.05, 3.63) is 60.8 Å². The predicted molar refractivity (Wildman–Crippen MR) is 273 cm³/mol. The van der Waals surface area contributed by atoms with Crippen LogP contribution in [0.4, 0.5) is 0 Å². The number of aliphatic carboxylic acids is 1. The fraction of sp³-hybridized carbons (Fsp3) is 0.772. The van der Waals surface area contributed by atoms with Crippen LogP contribution in [0.2, 0.25) is 0 Å². The lowest BCUT2D eigenvalue weighted by atomic mass is 10.0. The van der Waals surface area contributed by atoms with E-state index in [2.05, 4.69) is 74.6 Å². The topological polar surface area (TPSA) is 102 Å². The number of hydrogen-bond donors (Lipinski definition) is 0.